The average Bonchev–Trinajstić information content (AvgIpc) is 2.48. The van der Waals surface area contributed by atoms with Crippen LogP contribution in [0.15, 0.2) is 18.3 Å². The molecule has 112 valence electrons. The maximum Gasteiger partial charge on any atom is 0.128 e. The first-order valence-corrected chi connectivity index (χ1v) is 7.85. The number of pyridine rings is 1. The fraction of sp³-hybridized carbons (Fsp3) is 0.688. The molecule has 1 saturated heterocycles. The number of rotatable bonds is 6. The standard InChI is InChI=1S/C16H28N4/c1-4-7-17-12-14-6-8-18-16(11-14)20-10-9-19(3)15(5-2)13-20/h6,8,11,15,17H,4-5,7,9-10,12-13H2,1-3H3. The minimum atomic E-state index is 0.646. The normalized spacial score (nSPS) is 20.4. The Morgan fingerprint density at radius 2 is 2.20 bits per heavy atom. The van der Waals surface area contributed by atoms with E-state index < -0.39 is 0 Å². The molecular weight excluding hydrogens is 248 g/mol. The molecule has 1 aliphatic heterocycles. The zero-order valence-electron chi connectivity index (χ0n) is 13.1. The predicted molar refractivity (Wildman–Crippen MR) is 85.2 cm³/mol. The lowest BCUT2D eigenvalue weighted by Gasteiger charge is -2.39. The zero-order valence-corrected chi connectivity index (χ0v) is 13.1. The van der Waals surface area contributed by atoms with Gasteiger partial charge in [0, 0.05) is 38.4 Å². The molecule has 20 heavy (non-hydrogen) atoms. The molecule has 1 N–H and O–H groups in total. The molecule has 1 aromatic heterocycles. The molecule has 2 rings (SSSR count). The number of aromatic nitrogens is 1. The molecule has 1 atom stereocenters. The van der Waals surface area contributed by atoms with Gasteiger partial charge >= 0.3 is 0 Å². The highest BCUT2D eigenvalue weighted by Gasteiger charge is 2.23. The Hall–Kier alpha value is -1.13. The largest absolute Gasteiger partial charge is 0.354 e. The Balaban J connectivity index is 1.99. The summed E-state index contributed by atoms with van der Waals surface area (Å²) in [5, 5.41) is 3.45. The highest BCUT2D eigenvalue weighted by molar-refractivity contribution is 5.41. The van der Waals surface area contributed by atoms with Gasteiger partial charge in [0.25, 0.3) is 0 Å². The van der Waals surface area contributed by atoms with Crippen LogP contribution in [0.3, 0.4) is 0 Å². The number of piperazine rings is 1. The van der Waals surface area contributed by atoms with Gasteiger partial charge < -0.3 is 10.2 Å². The molecule has 4 nitrogen and oxygen atoms in total. The topological polar surface area (TPSA) is 31.4 Å². The molecule has 0 radical (unpaired) electrons. The lowest BCUT2D eigenvalue weighted by Crippen LogP contribution is -2.51. The van der Waals surface area contributed by atoms with Crippen LogP contribution in [0.2, 0.25) is 0 Å². The van der Waals surface area contributed by atoms with Gasteiger partial charge in [0.2, 0.25) is 0 Å². The van der Waals surface area contributed by atoms with Crippen molar-refractivity contribution >= 4 is 5.82 Å². The smallest absolute Gasteiger partial charge is 0.128 e. The van der Waals surface area contributed by atoms with Crippen LogP contribution < -0.4 is 10.2 Å². The van der Waals surface area contributed by atoms with Crippen LogP contribution in [-0.2, 0) is 6.54 Å². The SMILES string of the molecule is CCCNCc1ccnc(N2CCN(C)C(CC)C2)c1. The van der Waals surface area contributed by atoms with E-state index in [9.17, 15) is 0 Å². The van der Waals surface area contributed by atoms with Crippen molar-refractivity contribution in [1.82, 2.24) is 15.2 Å². The highest BCUT2D eigenvalue weighted by Crippen LogP contribution is 2.18. The number of nitrogens with one attached hydrogen (secondary N) is 1. The van der Waals surface area contributed by atoms with Crippen LogP contribution in [-0.4, -0.2) is 49.2 Å². The first kappa shape index (κ1) is 15.3. The molecule has 0 aliphatic carbocycles. The summed E-state index contributed by atoms with van der Waals surface area (Å²) in [6, 6.07) is 4.99. The molecule has 2 heterocycles. The summed E-state index contributed by atoms with van der Waals surface area (Å²) in [4.78, 5) is 9.45. The van der Waals surface area contributed by atoms with Gasteiger partial charge in [0.1, 0.15) is 5.82 Å². The van der Waals surface area contributed by atoms with E-state index in [1.807, 2.05) is 6.20 Å². The van der Waals surface area contributed by atoms with Gasteiger partial charge in [-0.05, 0) is 44.1 Å². The molecule has 0 saturated carbocycles. The first-order chi connectivity index (χ1) is 9.74. The van der Waals surface area contributed by atoms with Crippen molar-refractivity contribution in [3.05, 3.63) is 23.9 Å². The summed E-state index contributed by atoms with van der Waals surface area (Å²) in [6.45, 7) is 9.76. The fourth-order valence-electron chi connectivity index (χ4n) is 2.75. The van der Waals surface area contributed by atoms with Crippen LogP contribution in [0.4, 0.5) is 5.82 Å². The van der Waals surface area contributed by atoms with E-state index in [0.717, 1.165) is 38.5 Å². The van der Waals surface area contributed by atoms with E-state index in [1.54, 1.807) is 0 Å². The Morgan fingerprint density at radius 1 is 1.35 bits per heavy atom. The van der Waals surface area contributed by atoms with E-state index in [2.05, 4.69) is 53.1 Å². The highest BCUT2D eigenvalue weighted by atomic mass is 15.3. The summed E-state index contributed by atoms with van der Waals surface area (Å²) >= 11 is 0. The lowest BCUT2D eigenvalue weighted by atomic mass is 10.1. The van der Waals surface area contributed by atoms with Crippen LogP contribution in [0.25, 0.3) is 0 Å². The van der Waals surface area contributed by atoms with E-state index in [-0.39, 0.29) is 0 Å². The molecule has 0 amide bonds. The number of likely N-dealkylation sites (N-methyl/N-ethyl adjacent to an activating group) is 1. The van der Waals surface area contributed by atoms with Gasteiger partial charge in [0.05, 0.1) is 0 Å². The monoisotopic (exact) mass is 276 g/mol. The number of anilines is 1. The third-order valence-corrected chi connectivity index (χ3v) is 4.14. The molecule has 0 spiro atoms. The number of hydrogen-bond donors (Lipinski definition) is 1. The molecular formula is C16H28N4. The first-order valence-electron chi connectivity index (χ1n) is 7.85. The second kappa shape index (κ2) is 7.60. The van der Waals surface area contributed by atoms with Crippen molar-refractivity contribution < 1.29 is 0 Å². The summed E-state index contributed by atoms with van der Waals surface area (Å²) in [7, 11) is 2.23. The van der Waals surface area contributed by atoms with Gasteiger partial charge in [-0.1, -0.05) is 13.8 Å². The quantitative estimate of drug-likeness (QED) is 0.806. The third-order valence-electron chi connectivity index (χ3n) is 4.14. The van der Waals surface area contributed by atoms with Gasteiger partial charge in [-0.15, -0.1) is 0 Å². The van der Waals surface area contributed by atoms with E-state index in [0.29, 0.717) is 6.04 Å². The Kier molecular flexibility index (Phi) is 5.80. The van der Waals surface area contributed by atoms with Gasteiger partial charge in [-0.2, -0.15) is 0 Å². The van der Waals surface area contributed by atoms with Crippen molar-refractivity contribution in [2.24, 2.45) is 0 Å². The van der Waals surface area contributed by atoms with Crippen molar-refractivity contribution in [2.45, 2.75) is 39.3 Å². The van der Waals surface area contributed by atoms with Crippen molar-refractivity contribution in [1.29, 1.82) is 0 Å². The van der Waals surface area contributed by atoms with E-state index in [1.165, 1.54) is 18.4 Å². The third kappa shape index (κ3) is 3.93. The Bertz CT molecular complexity index is 407. The molecule has 4 heteroatoms. The maximum atomic E-state index is 4.56. The van der Waals surface area contributed by atoms with Gasteiger partial charge in [0.15, 0.2) is 0 Å². The average molecular weight is 276 g/mol. The Labute approximate surface area is 123 Å². The number of nitrogens with zero attached hydrogens (tertiary/aromatic N) is 3. The van der Waals surface area contributed by atoms with E-state index in [4.69, 9.17) is 0 Å². The maximum absolute atomic E-state index is 4.56. The minimum absolute atomic E-state index is 0.646. The second-order valence-electron chi connectivity index (χ2n) is 5.69. The van der Waals surface area contributed by atoms with Gasteiger partial charge in [-0.3, -0.25) is 4.90 Å². The summed E-state index contributed by atoms with van der Waals surface area (Å²) in [5.41, 5.74) is 1.33. The second-order valence-corrected chi connectivity index (χ2v) is 5.69. The molecule has 1 aliphatic rings. The summed E-state index contributed by atoms with van der Waals surface area (Å²) in [5.74, 6) is 1.13. The number of hydrogen-bond acceptors (Lipinski definition) is 4. The van der Waals surface area contributed by atoms with Crippen LogP contribution >= 0.6 is 0 Å². The van der Waals surface area contributed by atoms with Crippen LogP contribution in [0.5, 0.6) is 0 Å². The Morgan fingerprint density at radius 3 is 2.95 bits per heavy atom. The molecule has 1 aromatic rings. The van der Waals surface area contributed by atoms with Crippen LogP contribution in [0.1, 0.15) is 32.3 Å². The predicted octanol–water partition coefficient (Wildman–Crippen LogP) is 2.11. The molecule has 0 bridgehead atoms. The van der Waals surface area contributed by atoms with Crippen molar-refractivity contribution in [2.75, 3.05) is 38.1 Å². The van der Waals surface area contributed by atoms with Gasteiger partial charge in [-0.25, -0.2) is 4.98 Å². The lowest BCUT2D eigenvalue weighted by molar-refractivity contribution is 0.213. The molecule has 0 aromatic carbocycles. The minimum Gasteiger partial charge on any atom is -0.354 e. The molecule has 1 fully saturated rings. The fourth-order valence-corrected chi connectivity index (χ4v) is 2.75. The zero-order chi connectivity index (χ0) is 14.4. The van der Waals surface area contributed by atoms with Crippen molar-refractivity contribution in [3.8, 4) is 0 Å². The summed E-state index contributed by atoms with van der Waals surface area (Å²) in [6.07, 6.45) is 4.32. The van der Waals surface area contributed by atoms with Crippen LogP contribution in [0, 0.1) is 0 Å². The summed E-state index contributed by atoms with van der Waals surface area (Å²) < 4.78 is 0. The van der Waals surface area contributed by atoms with E-state index >= 15 is 0 Å². The van der Waals surface area contributed by atoms with Crippen molar-refractivity contribution in [3.63, 3.8) is 0 Å². The molecule has 1 unspecified atom stereocenters.